The Hall–Kier alpha value is -2.87. The molecule has 0 spiro atoms. The van der Waals surface area contributed by atoms with Crippen LogP contribution in [0.3, 0.4) is 0 Å². The Labute approximate surface area is 228 Å². The van der Waals surface area contributed by atoms with Crippen LogP contribution in [0.15, 0.2) is 42.5 Å². The van der Waals surface area contributed by atoms with Gasteiger partial charge >= 0.3 is 0 Å². The second-order valence-corrected chi connectivity index (χ2v) is 12.6. The largest absolute Gasteiger partial charge is 0.352 e. The van der Waals surface area contributed by atoms with Crippen LogP contribution in [-0.2, 0) is 26.2 Å². The zero-order chi connectivity index (χ0) is 27.9. The van der Waals surface area contributed by atoms with E-state index < -0.39 is 16.1 Å². The number of rotatable bonds is 12. The van der Waals surface area contributed by atoms with Crippen LogP contribution in [0.1, 0.15) is 74.1 Å². The van der Waals surface area contributed by atoms with E-state index in [1.807, 2.05) is 70.2 Å². The summed E-state index contributed by atoms with van der Waals surface area (Å²) in [6.07, 6.45) is 6.39. The number of carbonyl (C=O) groups is 2. The Kier molecular flexibility index (Phi) is 10.4. The third-order valence-electron chi connectivity index (χ3n) is 7.34. The number of hydrogen-bond acceptors (Lipinski definition) is 4. The molecule has 7 nitrogen and oxygen atoms in total. The van der Waals surface area contributed by atoms with Crippen LogP contribution in [0.5, 0.6) is 0 Å². The summed E-state index contributed by atoms with van der Waals surface area (Å²) in [6.45, 7) is 8.34. The number of amides is 2. The predicted molar refractivity (Wildman–Crippen MR) is 154 cm³/mol. The van der Waals surface area contributed by atoms with Gasteiger partial charge in [0, 0.05) is 25.6 Å². The molecule has 0 heterocycles. The molecule has 2 amide bonds. The number of nitrogens with zero attached hydrogens (tertiary/aromatic N) is 2. The minimum Gasteiger partial charge on any atom is -0.352 e. The topological polar surface area (TPSA) is 86.8 Å². The highest BCUT2D eigenvalue weighted by Crippen LogP contribution is 2.23. The van der Waals surface area contributed by atoms with Crippen LogP contribution in [0, 0.1) is 20.8 Å². The van der Waals surface area contributed by atoms with Crippen molar-refractivity contribution in [2.24, 2.45) is 0 Å². The molecule has 38 heavy (non-hydrogen) atoms. The molecule has 0 radical (unpaired) electrons. The number of aryl methyl sites for hydroxylation is 3. The Morgan fingerprint density at radius 2 is 1.66 bits per heavy atom. The summed E-state index contributed by atoms with van der Waals surface area (Å²) in [7, 11) is -3.53. The lowest BCUT2D eigenvalue weighted by Crippen LogP contribution is -2.51. The Morgan fingerprint density at radius 1 is 1.03 bits per heavy atom. The molecule has 0 aliphatic heterocycles. The maximum atomic E-state index is 13.7. The summed E-state index contributed by atoms with van der Waals surface area (Å²) >= 11 is 0. The SMILES string of the molecule is CC[C@@H](C(=O)NC1CCCC1)N(Cc1ccccc1C)C(=O)CCCN(c1cc(C)cc(C)c1)S(C)(=O)=O. The maximum absolute atomic E-state index is 13.7. The number of hydrogen-bond donors (Lipinski definition) is 1. The van der Waals surface area contributed by atoms with E-state index in [1.165, 1.54) is 10.6 Å². The third kappa shape index (κ3) is 8.06. The second kappa shape index (κ2) is 13.3. The van der Waals surface area contributed by atoms with Crippen LogP contribution in [0.4, 0.5) is 5.69 Å². The van der Waals surface area contributed by atoms with E-state index in [-0.39, 0.29) is 30.8 Å². The Bertz CT molecular complexity index is 1200. The number of anilines is 1. The van der Waals surface area contributed by atoms with Gasteiger partial charge in [0.1, 0.15) is 6.04 Å². The van der Waals surface area contributed by atoms with Gasteiger partial charge in [0.2, 0.25) is 21.8 Å². The van der Waals surface area contributed by atoms with E-state index in [2.05, 4.69) is 5.32 Å². The summed E-state index contributed by atoms with van der Waals surface area (Å²) in [5.41, 5.74) is 4.63. The third-order valence-corrected chi connectivity index (χ3v) is 8.53. The molecule has 0 unspecified atom stereocenters. The molecule has 0 aromatic heterocycles. The van der Waals surface area contributed by atoms with Gasteiger partial charge < -0.3 is 10.2 Å². The van der Waals surface area contributed by atoms with E-state index in [9.17, 15) is 18.0 Å². The first-order chi connectivity index (χ1) is 18.0. The standard InChI is InChI=1S/C30H43N3O4S/c1-6-28(30(35)31-26-14-9-10-15-26)32(21-25-13-8-7-12-24(25)4)29(34)16-11-17-33(38(5,36)37)27-19-22(2)18-23(3)20-27/h7-8,12-13,18-20,26,28H,6,9-11,14-17,21H2,1-5H3,(H,31,35)/t28-/m0/s1. The fourth-order valence-electron chi connectivity index (χ4n) is 5.36. The zero-order valence-electron chi connectivity index (χ0n) is 23.5. The Morgan fingerprint density at radius 3 is 2.24 bits per heavy atom. The molecule has 1 aliphatic rings. The average Bonchev–Trinajstić information content (AvgIpc) is 3.34. The zero-order valence-corrected chi connectivity index (χ0v) is 24.3. The highest BCUT2D eigenvalue weighted by molar-refractivity contribution is 7.92. The van der Waals surface area contributed by atoms with Gasteiger partial charge in [-0.25, -0.2) is 8.42 Å². The van der Waals surface area contributed by atoms with E-state index in [4.69, 9.17) is 0 Å². The van der Waals surface area contributed by atoms with Crippen LogP contribution in [0.25, 0.3) is 0 Å². The van der Waals surface area contributed by atoms with E-state index in [0.29, 0.717) is 25.1 Å². The van der Waals surface area contributed by atoms with Crippen LogP contribution < -0.4 is 9.62 Å². The molecular formula is C30H43N3O4S. The van der Waals surface area contributed by atoms with Gasteiger partial charge in [-0.15, -0.1) is 0 Å². The second-order valence-electron chi connectivity index (χ2n) is 10.6. The lowest BCUT2D eigenvalue weighted by atomic mass is 10.0. The van der Waals surface area contributed by atoms with E-state index in [1.54, 1.807) is 4.90 Å². The van der Waals surface area contributed by atoms with Gasteiger partial charge in [0.15, 0.2) is 0 Å². The molecule has 1 fully saturated rings. The van der Waals surface area contributed by atoms with Crippen LogP contribution in [0.2, 0.25) is 0 Å². The lowest BCUT2D eigenvalue weighted by molar-refractivity contribution is -0.141. The van der Waals surface area contributed by atoms with Crippen molar-refractivity contribution in [3.05, 3.63) is 64.7 Å². The van der Waals surface area contributed by atoms with E-state index >= 15 is 0 Å². The Balaban J connectivity index is 1.78. The van der Waals surface area contributed by atoms with Gasteiger partial charge in [-0.1, -0.05) is 50.1 Å². The van der Waals surface area contributed by atoms with Crippen molar-refractivity contribution < 1.29 is 18.0 Å². The molecule has 0 bridgehead atoms. The van der Waals surface area contributed by atoms with Crippen molar-refractivity contribution in [1.29, 1.82) is 0 Å². The normalized spacial score (nSPS) is 14.8. The van der Waals surface area contributed by atoms with Crippen molar-refractivity contribution in [2.75, 3.05) is 17.1 Å². The van der Waals surface area contributed by atoms with Crippen LogP contribution in [-0.4, -0.2) is 50.0 Å². The number of sulfonamides is 1. The molecule has 1 aliphatic carbocycles. The summed E-state index contributed by atoms with van der Waals surface area (Å²) in [5, 5.41) is 3.17. The van der Waals surface area contributed by atoms with Gasteiger partial charge in [-0.05, 0) is 80.8 Å². The van der Waals surface area contributed by atoms with Gasteiger partial charge in [0.05, 0.1) is 11.9 Å². The highest BCUT2D eigenvalue weighted by Gasteiger charge is 2.31. The monoisotopic (exact) mass is 541 g/mol. The van der Waals surface area contributed by atoms with Gasteiger partial charge in [0.25, 0.3) is 0 Å². The first-order valence-electron chi connectivity index (χ1n) is 13.7. The number of benzene rings is 2. The molecule has 1 saturated carbocycles. The predicted octanol–water partition coefficient (Wildman–Crippen LogP) is 5.02. The molecule has 1 N–H and O–H groups in total. The fraction of sp³-hybridized carbons (Fsp3) is 0.533. The minimum absolute atomic E-state index is 0.102. The summed E-state index contributed by atoms with van der Waals surface area (Å²) in [5.74, 6) is -0.245. The lowest BCUT2D eigenvalue weighted by Gasteiger charge is -2.32. The van der Waals surface area contributed by atoms with Crippen molar-refractivity contribution in [1.82, 2.24) is 10.2 Å². The number of carbonyl (C=O) groups excluding carboxylic acids is 2. The molecule has 1 atom stereocenters. The summed E-state index contributed by atoms with van der Waals surface area (Å²) in [4.78, 5) is 28.7. The first kappa shape index (κ1) is 29.7. The van der Waals surface area contributed by atoms with Gasteiger partial charge in [-0.2, -0.15) is 0 Å². The summed E-state index contributed by atoms with van der Waals surface area (Å²) in [6, 6.07) is 13.2. The molecule has 2 aromatic rings. The van der Waals surface area contributed by atoms with Crippen molar-refractivity contribution >= 4 is 27.5 Å². The van der Waals surface area contributed by atoms with Crippen LogP contribution >= 0.6 is 0 Å². The first-order valence-corrected chi connectivity index (χ1v) is 15.5. The average molecular weight is 542 g/mol. The highest BCUT2D eigenvalue weighted by atomic mass is 32.2. The molecule has 3 rings (SSSR count). The van der Waals surface area contributed by atoms with E-state index in [0.717, 1.165) is 47.9 Å². The minimum atomic E-state index is -3.53. The quantitative estimate of drug-likeness (QED) is 0.409. The summed E-state index contributed by atoms with van der Waals surface area (Å²) < 4.78 is 26.6. The molecule has 208 valence electrons. The molecular weight excluding hydrogens is 498 g/mol. The van der Waals surface area contributed by atoms with Crippen molar-refractivity contribution in [3.63, 3.8) is 0 Å². The molecule has 0 saturated heterocycles. The molecule has 8 heteroatoms. The fourth-order valence-corrected chi connectivity index (χ4v) is 6.31. The molecule has 2 aromatic carbocycles. The van der Waals surface area contributed by atoms with Gasteiger partial charge in [-0.3, -0.25) is 13.9 Å². The number of nitrogens with one attached hydrogen (secondary N) is 1. The van der Waals surface area contributed by atoms with Crippen molar-refractivity contribution in [2.45, 2.75) is 91.3 Å². The smallest absolute Gasteiger partial charge is 0.243 e. The maximum Gasteiger partial charge on any atom is 0.243 e. The van der Waals surface area contributed by atoms with Crippen molar-refractivity contribution in [3.8, 4) is 0 Å².